The molecule has 0 aliphatic heterocycles. The Labute approximate surface area is 151 Å². The van der Waals surface area contributed by atoms with Crippen molar-refractivity contribution in [2.45, 2.75) is 58.2 Å². The maximum atomic E-state index is 10.2. The second-order valence-corrected chi connectivity index (χ2v) is 4.36. The molecule has 2 unspecified atom stereocenters. The summed E-state index contributed by atoms with van der Waals surface area (Å²) < 4.78 is 0. The van der Waals surface area contributed by atoms with Gasteiger partial charge in [0.05, 0.1) is 0 Å². The number of rotatable bonds is 6. The first-order valence-corrected chi connectivity index (χ1v) is 6.79. The molecule has 0 amide bonds. The minimum absolute atomic E-state index is 0. The van der Waals surface area contributed by atoms with E-state index in [1.165, 1.54) is 0 Å². The summed E-state index contributed by atoms with van der Waals surface area (Å²) in [4.78, 5) is 0. The van der Waals surface area contributed by atoms with Crippen LogP contribution >= 0.6 is 0 Å². The van der Waals surface area contributed by atoms with E-state index in [1.54, 1.807) is 26.0 Å². The van der Waals surface area contributed by atoms with E-state index >= 15 is 0 Å². The molecule has 0 aromatic carbocycles. The van der Waals surface area contributed by atoms with Crippen molar-refractivity contribution in [1.82, 2.24) is 0 Å². The van der Waals surface area contributed by atoms with Crippen molar-refractivity contribution >= 4 is 0 Å². The van der Waals surface area contributed by atoms with Crippen molar-refractivity contribution < 1.29 is 36.1 Å². The van der Waals surface area contributed by atoms with Crippen LogP contribution in [0.15, 0.2) is 43.5 Å². The summed E-state index contributed by atoms with van der Waals surface area (Å²) in [5.41, 5.74) is 0. The summed E-state index contributed by atoms with van der Waals surface area (Å²) in [5, 5.41) is 20.5. The van der Waals surface area contributed by atoms with Crippen LogP contribution in [-0.4, -0.2) is 12.2 Å². The fourth-order valence-corrected chi connectivity index (χ4v) is 1.05. The summed E-state index contributed by atoms with van der Waals surface area (Å²) in [6.45, 7) is 10.3. The number of hydrogen-bond acceptors (Lipinski definition) is 2. The van der Waals surface area contributed by atoms with Crippen molar-refractivity contribution in [2.24, 2.45) is 0 Å². The maximum Gasteiger partial charge on any atom is 4.00 e. The molecule has 1 aliphatic rings. The van der Waals surface area contributed by atoms with Crippen LogP contribution in [-0.2, 0) is 25.8 Å². The average molecular weight is 457 g/mol. The van der Waals surface area contributed by atoms with Gasteiger partial charge in [-0.05, 0) is 12.8 Å². The summed E-state index contributed by atoms with van der Waals surface area (Å²) in [7, 11) is 0. The standard InChI is InChI=1S/2C6H11O.C5H5.CH3.Hf/c2*1-3-4-5-6(2)7;1-2-4-5-3-1;;/h2*3,6H,1,4-5H2,2H3;1-3H,4H2;1H3;/q4*-1;+4. The molecule has 1 aliphatic carbocycles. The molecule has 2 nitrogen and oxygen atoms in total. The topological polar surface area (TPSA) is 46.1 Å². The van der Waals surface area contributed by atoms with Crippen LogP contribution in [0.25, 0.3) is 0 Å². The smallest absolute Gasteiger partial charge is 0.852 e. The van der Waals surface area contributed by atoms with Gasteiger partial charge in [-0.2, -0.15) is 6.08 Å². The van der Waals surface area contributed by atoms with Gasteiger partial charge < -0.3 is 17.6 Å². The Bertz CT molecular complexity index is 230. The molecule has 21 heavy (non-hydrogen) atoms. The largest absolute Gasteiger partial charge is 4.00 e. The molecule has 118 valence electrons. The first kappa shape index (κ1) is 28.8. The first-order chi connectivity index (χ1) is 9.04. The molecule has 0 saturated carbocycles. The van der Waals surface area contributed by atoms with Crippen LogP contribution in [0.3, 0.4) is 0 Å². The van der Waals surface area contributed by atoms with Gasteiger partial charge in [-0.3, -0.25) is 6.08 Å². The molecule has 3 heteroatoms. The summed E-state index contributed by atoms with van der Waals surface area (Å²) in [6.07, 6.45) is 15.9. The van der Waals surface area contributed by atoms with Crippen molar-refractivity contribution in [3.8, 4) is 0 Å². The van der Waals surface area contributed by atoms with E-state index < -0.39 is 12.2 Å². The molecule has 1 rings (SSSR count). The van der Waals surface area contributed by atoms with Gasteiger partial charge in [0.1, 0.15) is 0 Å². The van der Waals surface area contributed by atoms with E-state index in [2.05, 4.69) is 25.3 Å². The zero-order valence-electron chi connectivity index (χ0n) is 13.8. The summed E-state index contributed by atoms with van der Waals surface area (Å²) >= 11 is 0. The quantitative estimate of drug-likeness (QED) is 0.350. The molecular weight excluding hydrogens is 427 g/mol. The second-order valence-electron chi connectivity index (χ2n) is 4.36. The molecule has 0 heterocycles. The Balaban J connectivity index is -0.0000000994. The van der Waals surface area contributed by atoms with Crippen LogP contribution in [0.5, 0.6) is 0 Å². The van der Waals surface area contributed by atoms with E-state index in [0.717, 1.165) is 32.1 Å². The van der Waals surface area contributed by atoms with Gasteiger partial charge in [-0.25, -0.2) is 12.2 Å². The summed E-state index contributed by atoms with van der Waals surface area (Å²) in [6, 6.07) is 0. The predicted octanol–water partition coefficient (Wildman–Crippen LogP) is 3.16. The number of hydrogen-bond donors (Lipinski definition) is 0. The van der Waals surface area contributed by atoms with E-state index in [-0.39, 0.29) is 33.3 Å². The first-order valence-electron chi connectivity index (χ1n) is 6.79. The molecule has 0 saturated heterocycles. The third-order valence-corrected chi connectivity index (χ3v) is 2.14. The SMILES string of the molecule is C=CCCC(C)[O-].C=CCCC(C)[O-].[C-]1=CC=CC1.[CH3-].[Hf+4]. The van der Waals surface area contributed by atoms with Crippen LogP contribution in [0.4, 0.5) is 0 Å². The molecular formula is C18H30HfO2. The Hall–Kier alpha value is -0.250. The fraction of sp³-hybridized carbons (Fsp3) is 0.500. The molecule has 0 bridgehead atoms. The number of allylic oxidation sites excluding steroid dienone is 6. The molecule has 0 aromatic heterocycles. The van der Waals surface area contributed by atoms with E-state index in [9.17, 15) is 10.2 Å². The minimum Gasteiger partial charge on any atom is -0.852 e. The molecule has 0 spiro atoms. The van der Waals surface area contributed by atoms with Crippen LogP contribution < -0.4 is 10.2 Å². The Morgan fingerprint density at radius 3 is 1.62 bits per heavy atom. The zero-order valence-corrected chi connectivity index (χ0v) is 17.4. The molecule has 0 aromatic rings. The zero-order chi connectivity index (χ0) is 14.9. The molecule has 0 radical (unpaired) electrons. The van der Waals surface area contributed by atoms with Gasteiger partial charge in [0.15, 0.2) is 0 Å². The Morgan fingerprint density at radius 2 is 1.52 bits per heavy atom. The van der Waals surface area contributed by atoms with Crippen LogP contribution in [0.2, 0.25) is 0 Å². The second kappa shape index (κ2) is 24.7. The van der Waals surface area contributed by atoms with Crippen molar-refractivity contribution in [3.05, 3.63) is 57.0 Å². The fourth-order valence-electron chi connectivity index (χ4n) is 1.05. The monoisotopic (exact) mass is 458 g/mol. The van der Waals surface area contributed by atoms with Gasteiger partial charge in [0.2, 0.25) is 0 Å². The third-order valence-electron chi connectivity index (χ3n) is 2.14. The van der Waals surface area contributed by atoms with Gasteiger partial charge >= 0.3 is 25.8 Å². The van der Waals surface area contributed by atoms with Crippen molar-refractivity contribution in [3.63, 3.8) is 0 Å². The molecule has 0 N–H and O–H groups in total. The molecule has 0 fully saturated rings. The van der Waals surface area contributed by atoms with Crippen molar-refractivity contribution in [2.75, 3.05) is 0 Å². The minimum atomic E-state index is -0.419. The molecule has 2 atom stereocenters. The normalized spacial score (nSPS) is 13.1. The van der Waals surface area contributed by atoms with Gasteiger partial charge in [-0.15, -0.1) is 31.8 Å². The van der Waals surface area contributed by atoms with Gasteiger partial charge in [0.25, 0.3) is 0 Å². The van der Waals surface area contributed by atoms with Crippen LogP contribution in [0, 0.1) is 13.5 Å². The van der Waals surface area contributed by atoms with Crippen molar-refractivity contribution in [1.29, 1.82) is 0 Å². The van der Waals surface area contributed by atoms with E-state index in [1.807, 2.05) is 12.2 Å². The Morgan fingerprint density at radius 1 is 1.10 bits per heavy atom. The van der Waals surface area contributed by atoms with E-state index in [0.29, 0.717) is 0 Å². The van der Waals surface area contributed by atoms with E-state index in [4.69, 9.17) is 0 Å². The average Bonchev–Trinajstić information content (AvgIpc) is 2.93. The maximum absolute atomic E-state index is 10.2. The van der Waals surface area contributed by atoms with Gasteiger partial charge in [-0.1, -0.05) is 38.8 Å². The summed E-state index contributed by atoms with van der Waals surface area (Å²) in [5.74, 6) is 0. The van der Waals surface area contributed by atoms with Gasteiger partial charge in [0, 0.05) is 0 Å². The predicted molar refractivity (Wildman–Crippen MR) is 85.8 cm³/mol. The van der Waals surface area contributed by atoms with Crippen LogP contribution in [0.1, 0.15) is 46.0 Å². The third kappa shape index (κ3) is 38.3. The Kier molecular flexibility index (Phi) is 34.0.